The molecule has 0 aliphatic carbocycles. The average Bonchev–Trinajstić information content (AvgIpc) is 2.63. The molecule has 1 aliphatic heterocycles. The van der Waals surface area contributed by atoms with Crippen molar-refractivity contribution in [3.63, 3.8) is 0 Å². The lowest BCUT2D eigenvalue weighted by Crippen LogP contribution is -2.49. The summed E-state index contributed by atoms with van der Waals surface area (Å²) in [5, 5.41) is 3.57. The van der Waals surface area contributed by atoms with Gasteiger partial charge >= 0.3 is 0 Å². The minimum absolute atomic E-state index is 0.00748. The highest BCUT2D eigenvalue weighted by Gasteiger charge is 2.20. The molecule has 1 amide bonds. The van der Waals surface area contributed by atoms with Gasteiger partial charge in [-0.05, 0) is 37.6 Å². The number of aryl methyl sites for hydroxylation is 2. The number of aromatic nitrogens is 2. The highest BCUT2D eigenvalue weighted by molar-refractivity contribution is 6.30. The zero-order chi connectivity index (χ0) is 18.5. The van der Waals surface area contributed by atoms with Gasteiger partial charge in [-0.2, -0.15) is 0 Å². The van der Waals surface area contributed by atoms with Crippen molar-refractivity contribution in [2.45, 2.75) is 20.3 Å². The van der Waals surface area contributed by atoms with Crippen LogP contribution in [0.2, 0.25) is 5.02 Å². The molecule has 6 nitrogen and oxygen atoms in total. The van der Waals surface area contributed by atoms with Gasteiger partial charge in [-0.25, -0.2) is 9.97 Å². The van der Waals surface area contributed by atoms with Gasteiger partial charge in [0.15, 0.2) is 0 Å². The van der Waals surface area contributed by atoms with Crippen molar-refractivity contribution in [1.29, 1.82) is 0 Å². The number of amides is 1. The number of carbonyl (C=O) groups excluding carboxylic acids is 1. The molecule has 1 fully saturated rings. The number of benzene rings is 1. The first-order chi connectivity index (χ1) is 12.5. The van der Waals surface area contributed by atoms with Gasteiger partial charge in [0.2, 0.25) is 5.91 Å². The second-order valence-electron chi connectivity index (χ2n) is 6.44. The second-order valence-corrected chi connectivity index (χ2v) is 6.87. The Kier molecular flexibility index (Phi) is 6.06. The summed E-state index contributed by atoms with van der Waals surface area (Å²) in [5.41, 5.74) is 1.83. The first-order valence-electron chi connectivity index (χ1n) is 8.91. The first-order valence-corrected chi connectivity index (χ1v) is 9.28. The number of rotatable bonds is 5. The van der Waals surface area contributed by atoms with Crippen LogP contribution in [0.5, 0.6) is 0 Å². The van der Waals surface area contributed by atoms with Crippen LogP contribution in [0.3, 0.4) is 0 Å². The molecular weight excluding hydrogens is 350 g/mol. The SMILES string of the molecule is CCc1cc(N2CCN(CC(=O)Nc3ccc(Cl)cc3)CC2)nc(C)n1. The third kappa shape index (κ3) is 4.93. The third-order valence-corrected chi connectivity index (χ3v) is 4.68. The van der Waals surface area contributed by atoms with Crippen LogP contribution in [0.15, 0.2) is 30.3 Å². The fourth-order valence-corrected chi connectivity index (χ4v) is 3.15. The number of anilines is 2. The average molecular weight is 374 g/mol. The Hall–Kier alpha value is -2.18. The smallest absolute Gasteiger partial charge is 0.238 e. The Balaban J connectivity index is 1.51. The third-order valence-electron chi connectivity index (χ3n) is 4.43. The van der Waals surface area contributed by atoms with Crippen LogP contribution in [-0.4, -0.2) is 53.5 Å². The molecular formula is C19H24ClN5O. The number of nitrogens with zero attached hydrogens (tertiary/aromatic N) is 4. The molecule has 2 aromatic rings. The summed E-state index contributed by atoms with van der Waals surface area (Å²) in [6.45, 7) is 7.79. The maximum atomic E-state index is 12.2. The molecule has 1 saturated heterocycles. The molecule has 0 bridgehead atoms. The number of piperazine rings is 1. The predicted molar refractivity (Wildman–Crippen MR) is 105 cm³/mol. The summed E-state index contributed by atoms with van der Waals surface area (Å²) in [7, 11) is 0. The minimum Gasteiger partial charge on any atom is -0.354 e. The minimum atomic E-state index is -0.00748. The molecule has 2 heterocycles. The van der Waals surface area contributed by atoms with Crippen molar-refractivity contribution >= 4 is 29.0 Å². The number of carbonyl (C=O) groups is 1. The maximum absolute atomic E-state index is 12.2. The van der Waals surface area contributed by atoms with E-state index in [1.807, 2.05) is 6.92 Å². The molecule has 1 aliphatic rings. The Morgan fingerprint density at radius 3 is 2.50 bits per heavy atom. The molecule has 0 saturated carbocycles. The molecule has 3 rings (SSSR count). The molecule has 1 aromatic heterocycles. The van der Waals surface area contributed by atoms with Gasteiger partial charge in [0.25, 0.3) is 0 Å². The largest absolute Gasteiger partial charge is 0.354 e. The molecule has 0 unspecified atom stereocenters. The fourth-order valence-electron chi connectivity index (χ4n) is 3.03. The van der Waals surface area contributed by atoms with Gasteiger partial charge in [0.05, 0.1) is 6.54 Å². The second kappa shape index (κ2) is 8.47. The van der Waals surface area contributed by atoms with E-state index in [9.17, 15) is 4.79 Å². The van der Waals surface area contributed by atoms with Gasteiger partial charge < -0.3 is 10.2 Å². The van der Waals surface area contributed by atoms with Crippen molar-refractivity contribution in [2.75, 3.05) is 42.9 Å². The quantitative estimate of drug-likeness (QED) is 0.873. The predicted octanol–water partition coefficient (Wildman–Crippen LogP) is 2.76. The number of nitrogens with one attached hydrogen (secondary N) is 1. The van der Waals surface area contributed by atoms with Crippen LogP contribution in [0, 0.1) is 6.92 Å². The Morgan fingerprint density at radius 1 is 1.15 bits per heavy atom. The normalized spacial score (nSPS) is 15.1. The topological polar surface area (TPSA) is 61.4 Å². The van der Waals surface area contributed by atoms with E-state index in [0.717, 1.165) is 55.6 Å². The lowest BCUT2D eigenvalue weighted by atomic mass is 10.2. The van der Waals surface area contributed by atoms with E-state index >= 15 is 0 Å². The number of hydrogen-bond donors (Lipinski definition) is 1. The molecule has 0 atom stereocenters. The van der Waals surface area contributed by atoms with E-state index in [2.05, 4.69) is 38.1 Å². The van der Waals surface area contributed by atoms with Gasteiger partial charge in [-0.1, -0.05) is 18.5 Å². The Bertz CT molecular complexity index is 757. The standard InChI is InChI=1S/C19H24ClN5O/c1-3-16-12-18(22-14(2)21-16)25-10-8-24(9-11-25)13-19(26)23-17-6-4-15(20)5-7-17/h4-7,12H,3,8-11,13H2,1-2H3,(H,23,26). The van der Waals surface area contributed by atoms with E-state index in [1.54, 1.807) is 24.3 Å². The molecule has 26 heavy (non-hydrogen) atoms. The van der Waals surface area contributed by atoms with E-state index in [0.29, 0.717) is 11.6 Å². The summed E-state index contributed by atoms with van der Waals surface area (Å²) in [6.07, 6.45) is 0.904. The summed E-state index contributed by atoms with van der Waals surface area (Å²) < 4.78 is 0. The summed E-state index contributed by atoms with van der Waals surface area (Å²) in [4.78, 5) is 25.7. The Morgan fingerprint density at radius 2 is 1.85 bits per heavy atom. The maximum Gasteiger partial charge on any atom is 0.238 e. The Labute approximate surface area is 159 Å². The highest BCUT2D eigenvalue weighted by atomic mass is 35.5. The molecule has 138 valence electrons. The van der Waals surface area contributed by atoms with E-state index in [4.69, 9.17) is 11.6 Å². The van der Waals surface area contributed by atoms with Crippen molar-refractivity contribution < 1.29 is 4.79 Å². The molecule has 0 spiro atoms. The van der Waals surface area contributed by atoms with Crippen LogP contribution in [0.4, 0.5) is 11.5 Å². The summed E-state index contributed by atoms with van der Waals surface area (Å²) in [6, 6.07) is 9.21. The van der Waals surface area contributed by atoms with Crippen LogP contribution in [0.1, 0.15) is 18.4 Å². The van der Waals surface area contributed by atoms with Crippen LogP contribution in [-0.2, 0) is 11.2 Å². The van der Waals surface area contributed by atoms with Gasteiger partial charge in [0, 0.05) is 48.6 Å². The number of halogens is 1. The fraction of sp³-hybridized carbons (Fsp3) is 0.421. The van der Waals surface area contributed by atoms with Crippen LogP contribution >= 0.6 is 11.6 Å². The zero-order valence-corrected chi connectivity index (χ0v) is 16.0. The molecule has 0 radical (unpaired) electrons. The first kappa shape index (κ1) is 18.6. The lowest BCUT2D eigenvalue weighted by molar-refractivity contribution is -0.117. The van der Waals surface area contributed by atoms with Crippen molar-refractivity contribution in [2.24, 2.45) is 0 Å². The highest BCUT2D eigenvalue weighted by Crippen LogP contribution is 2.16. The zero-order valence-electron chi connectivity index (χ0n) is 15.2. The van der Waals surface area contributed by atoms with Gasteiger partial charge in [-0.3, -0.25) is 9.69 Å². The molecule has 1 aromatic carbocycles. The number of hydrogen-bond acceptors (Lipinski definition) is 5. The molecule has 1 N–H and O–H groups in total. The van der Waals surface area contributed by atoms with E-state index in [1.165, 1.54) is 0 Å². The van der Waals surface area contributed by atoms with Crippen LogP contribution < -0.4 is 10.2 Å². The monoisotopic (exact) mass is 373 g/mol. The van der Waals surface area contributed by atoms with Gasteiger partial charge in [0.1, 0.15) is 11.6 Å². The molecule has 7 heteroatoms. The van der Waals surface area contributed by atoms with Crippen molar-refractivity contribution in [3.05, 3.63) is 46.9 Å². The van der Waals surface area contributed by atoms with Crippen LogP contribution in [0.25, 0.3) is 0 Å². The van der Waals surface area contributed by atoms with Crippen molar-refractivity contribution in [3.8, 4) is 0 Å². The summed E-state index contributed by atoms with van der Waals surface area (Å²) >= 11 is 5.86. The summed E-state index contributed by atoms with van der Waals surface area (Å²) in [5.74, 6) is 1.79. The van der Waals surface area contributed by atoms with E-state index in [-0.39, 0.29) is 5.91 Å². The van der Waals surface area contributed by atoms with E-state index < -0.39 is 0 Å². The van der Waals surface area contributed by atoms with Crippen molar-refractivity contribution in [1.82, 2.24) is 14.9 Å². The van der Waals surface area contributed by atoms with Gasteiger partial charge in [-0.15, -0.1) is 0 Å². The lowest BCUT2D eigenvalue weighted by Gasteiger charge is -2.35.